The average molecular weight is 312 g/mol. The van der Waals surface area contributed by atoms with Crippen LogP contribution in [-0.2, 0) is 0 Å². The first-order valence-electron chi connectivity index (χ1n) is 5.38. The molecule has 1 atom stereocenters. The van der Waals surface area contributed by atoms with E-state index in [1.165, 1.54) is 5.56 Å². The minimum Gasteiger partial charge on any atom is -0.492 e. The highest BCUT2D eigenvalue weighted by atomic mass is 79.9. The summed E-state index contributed by atoms with van der Waals surface area (Å²) in [5.74, 6) is 0.902. The molecule has 0 aliphatic heterocycles. The van der Waals surface area contributed by atoms with Gasteiger partial charge in [-0.2, -0.15) is 11.3 Å². The topological polar surface area (TPSA) is 21.3 Å². The number of para-hydroxylation sites is 1. The normalized spacial score (nSPS) is 12.4. The Kier molecular flexibility index (Phi) is 4.59. The van der Waals surface area contributed by atoms with Crippen molar-refractivity contribution in [3.8, 4) is 5.75 Å². The van der Waals surface area contributed by atoms with Crippen LogP contribution in [0.2, 0.25) is 0 Å². The van der Waals surface area contributed by atoms with Crippen LogP contribution in [0.5, 0.6) is 5.75 Å². The molecule has 0 saturated carbocycles. The Morgan fingerprint density at radius 2 is 2.06 bits per heavy atom. The fourth-order valence-corrected chi connectivity index (χ4v) is 3.19. The van der Waals surface area contributed by atoms with E-state index in [0.29, 0.717) is 6.61 Å². The van der Waals surface area contributed by atoms with Crippen molar-refractivity contribution in [1.82, 2.24) is 5.32 Å². The summed E-state index contributed by atoms with van der Waals surface area (Å²) < 4.78 is 6.90. The Morgan fingerprint density at radius 3 is 2.65 bits per heavy atom. The maximum atomic E-state index is 5.76. The van der Waals surface area contributed by atoms with Gasteiger partial charge in [0, 0.05) is 9.85 Å². The zero-order chi connectivity index (χ0) is 12.1. The SMILES string of the molecule is CNC(COc1ccccc1)c1cscc1Br. The molecule has 90 valence electrons. The van der Waals surface area contributed by atoms with Gasteiger partial charge in [-0.25, -0.2) is 0 Å². The maximum Gasteiger partial charge on any atom is 0.119 e. The Morgan fingerprint density at radius 1 is 1.29 bits per heavy atom. The van der Waals surface area contributed by atoms with Crippen LogP contribution in [0.4, 0.5) is 0 Å². The van der Waals surface area contributed by atoms with Crippen LogP contribution in [0.3, 0.4) is 0 Å². The summed E-state index contributed by atoms with van der Waals surface area (Å²) in [7, 11) is 1.95. The molecule has 1 unspecified atom stereocenters. The fourth-order valence-electron chi connectivity index (χ4n) is 1.56. The van der Waals surface area contributed by atoms with Gasteiger partial charge < -0.3 is 10.1 Å². The summed E-state index contributed by atoms with van der Waals surface area (Å²) in [5.41, 5.74) is 1.24. The minimum atomic E-state index is 0.204. The van der Waals surface area contributed by atoms with Crippen LogP contribution in [0, 0.1) is 0 Å². The highest BCUT2D eigenvalue weighted by molar-refractivity contribution is 9.10. The maximum absolute atomic E-state index is 5.76. The van der Waals surface area contributed by atoms with Crippen LogP contribution in [0.15, 0.2) is 45.6 Å². The molecule has 1 aromatic heterocycles. The number of nitrogens with one attached hydrogen (secondary N) is 1. The molecule has 17 heavy (non-hydrogen) atoms. The van der Waals surface area contributed by atoms with Gasteiger partial charge in [-0.1, -0.05) is 18.2 Å². The van der Waals surface area contributed by atoms with Crippen LogP contribution >= 0.6 is 27.3 Å². The highest BCUT2D eigenvalue weighted by Crippen LogP contribution is 2.27. The van der Waals surface area contributed by atoms with Gasteiger partial charge in [0.25, 0.3) is 0 Å². The van der Waals surface area contributed by atoms with Gasteiger partial charge in [0.2, 0.25) is 0 Å². The lowest BCUT2D eigenvalue weighted by Crippen LogP contribution is -2.23. The average Bonchev–Trinajstić information content (AvgIpc) is 2.78. The van der Waals surface area contributed by atoms with E-state index in [9.17, 15) is 0 Å². The van der Waals surface area contributed by atoms with Gasteiger partial charge in [0.05, 0.1) is 6.04 Å². The Labute approximate surface area is 114 Å². The Hall–Kier alpha value is -0.840. The van der Waals surface area contributed by atoms with E-state index in [1.54, 1.807) is 11.3 Å². The lowest BCUT2D eigenvalue weighted by molar-refractivity contribution is 0.273. The summed E-state index contributed by atoms with van der Waals surface area (Å²) in [6, 6.07) is 10.1. The predicted molar refractivity (Wildman–Crippen MR) is 75.8 cm³/mol. The first kappa shape index (κ1) is 12.6. The molecule has 1 N–H and O–H groups in total. The molecule has 0 fully saturated rings. The van der Waals surface area contributed by atoms with E-state index < -0.39 is 0 Å². The Balaban J connectivity index is 2.00. The first-order valence-corrected chi connectivity index (χ1v) is 7.11. The predicted octanol–water partition coefficient (Wildman–Crippen LogP) is 3.85. The molecule has 0 aliphatic carbocycles. The van der Waals surface area contributed by atoms with E-state index in [0.717, 1.165) is 10.2 Å². The monoisotopic (exact) mass is 311 g/mol. The smallest absolute Gasteiger partial charge is 0.119 e. The van der Waals surface area contributed by atoms with E-state index in [1.807, 2.05) is 37.4 Å². The zero-order valence-electron chi connectivity index (χ0n) is 9.52. The second-order valence-corrected chi connectivity index (χ2v) is 5.24. The third kappa shape index (κ3) is 3.31. The van der Waals surface area contributed by atoms with Gasteiger partial charge in [-0.15, -0.1) is 0 Å². The van der Waals surface area contributed by atoms with Crippen molar-refractivity contribution in [1.29, 1.82) is 0 Å². The van der Waals surface area contributed by atoms with E-state index in [2.05, 4.69) is 32.0 Å². The molecular weight excluding hydrogens is 298 g/mol. The molecule has 0 spiro atoms. The summed E-state index contributed by atoms with van der Waals surface area (Å²) >= 11 is 5.24. The second-order valence-electron chi connectivity index (χ2n) is 3.64. The van der Waals surface area contributed by atoms with E-state index in [-0.39, 0.29) is 6.04 Å². The summed E-state index contributed by atoms with van der Waals surface area (Å²) in [4.78, 5) is 0. The lowest BCUT2D eigenvalue weighted by atomic mass is 10.2. The standard InChI is InChI=1S/C13H14BrNOS/c1-15-13(11-8-17-9-12(11)14)7-16-10-5-3-2-4-6-10/h2-6,8-9,13,15H,7H2,1H3. The first-order chi connectivity index (χ1) is 8.31. The molecule has 0 radical (unpaired) electrons. The molecule has 0 amide bonds. The van der Waals surface area contributed by atoms with Crippen LogP contribution in [0.1, 0.15) is 11.6 Å². The third-order valence-corrected chi connectivity index (χ3v) is 4.28. The molecule has 2 aromatic rings. The van der Waals surface area contributed by atoms with Gasteiger partial charge in [0.1, 0.15) is 12.4 Å². The second kappa shape index (κ2) is 6.19. The summed E-state index contributed by atoms with van der Waals surface area (Å²) in [5, 5.41) is 7.49. The van der Waals surface area contributed by atoms with Gasteiger partial charge >= 0.3 is 0 Å². The summed E-state index contributed by atoms with van der Waals surface area (Å²) in [6.45, 7) is 0.621. The molecule has 4 heteroatoms. The number of likely N-dealkylation sites (N-methyl/N-ethyl adjacent to an activating group) is 1. The van der Waals surface area contributed by atoms with Crippen molar-refractivity contribution in [2.24, 2.45) is 0 Å². The Bertz CT molecular complexity index is 457. The quantitative estimate of drug-likeness (QED) is 0.905. The number of ether oxygens (including phenoxy) is 1. The summed E-state index contributed by atoms with van der Waals surface area (Å²) in [6.07, 6.45) is 0. The van der Waals surface area contributed by atoms with Crippen molar-refractivity contribution < 1.29 is 4.74 Å². The van der Waals surface area contributed by atoms with Gasteiger partial charge in [0.15, 0.2) is 0 Å². The highest BCUT2D eigenvalue weighted by Gasteiger charge is 2.14. The minimum absolute atomic E-state index is 0.204. The van der Waals surface area contributed by atoms with Crippen LogP contribution in [0.25, 0.3) is 0 Å². The van der Waals surface area contributed by atoms with Crippen LogP contribution < -0.4 is 10.1 Å². The number of hydrogen-bond donors (Lipinski definition) is 1. The van der Waals surface area contributed by atoms with Crippen molar-refractivity contribution >= 4 is 27.3 Å². The molecule has 0 saturated heterocycles. The molecule has 0 bridgehead atoms. The number of hydrogen-bond acceptors (Lipinski definition) is 3. The van der Waals surface area contributed by atoms with Crippen LogP contribution in [-0.4, -0.2) is 13.7 Å². The van der Waals surface area contributed by atoms with E-state index >= 15 is 0 Å². The van der Waals surface area contributed by atoms with Crippen molar-refractivity contribution in [3.05, 3.63) is 51.1 Å². The van der Waals surface area contributed by atoms with Crippen molar-refractivity contribution in [2.45, 2.75) is 6.04 Å². The van der Waals surface area contributed by atoms with Gasteiger partial charge in [-0.3, -0.25) is 0 Å². The fraction of sp³-hybridized carbons (Fsp3) is 0.231. The number of rotatable bonds is 5. The number of benzene rings is 1. The van der Waals surface area contributed by atoms with E-state index in [4.69, 9.17) is 4.74 Å². The largest absolute Gasteiger partial charge is 0.492 e. The van der Waals surface area contributed by atoms with Gasteiger partial charge in [-0.05, 0) is 46.1 Å². The zero-order valence-corrected chi connectivity index (χ0v) is 11.9. The molecular formula is C13H14BrNOS. The third-order valence-electron chi connectivity index (χ3n) is 2.53. The molecule has 1 aromatic carbocycles. The molecule has 2 rings (SSSR count). The molecule has 0 aliphatic rings. The molecule has 1 heterocycles. The molecule has 2 nitrogen and oxygen atoms in total. The van der Waals surface area contributed by atoms with Crippen molar-refractivity contribution in [2.75, 3.05) is 13.7 Å². The number of halogens is 1. The van der Waals surface area contributed by atoms with Crippen molar-refractivity contribution in [3.63, 3.8) is 0 Å². The number of thiophene rings is 1. The lowest BCUT2D eigenvalue weighted by Gasteiger charge is -2.16.